The lowest BCUT2D eigenvalue weighted by molar-refractivity contribution is -0.140. The number of para-hydroxylation sites is 2. The molecule has 2 aromatic heterocycles. The molecule has 0 saturated carbocycles. The van der Waals surface area contributed by atoms with Crippen molar-refractivity contribution in [2.24, 2.45) is 0 Å². The van der Waals surface area contributed by atoms with Crippen LogP contribution in [0.4, 0.5) is 13.2 Å². The third-order valence-corrected chi connectivity index (χ3v) is 3.30. The fourth-order valence-electron chi connectivity index (χ4n) is 2.22. The number of aromatic nitrogens is 2. The van der Waals surface area contributed by atoms with Crippen LogP contribution in [0.3, 0.4) is 0 Å². The van der Waals surface area contributed by atoms with Crippen LogP contribution in [-0.2, 0) is 6.18 Å². The summed E-state index contributed by atoms with van der Waals surface area (Å²) in [6.45, 7) is 0. The van der Waals surface area contributed by atoms with Gasteiger partial charge >= 0.3 is 6.18 Å². The monoisotopic (exact) mass is 302 g/mol. The van der Waals surface area contributed by atoms with E-state index in [1.54, 1.807) is 24.3 Å². The number of H-pyrrole nitrogens is 2. The maximum atomic E-state index is 12.2. The van der Waals surface area contributed by atoms with E-state index in [1.807, 2.05) is 18.3 Å². The van der Waals surface area contributed by atoms with Gasteiger partial charge in [-0.15, -0.1) is 0 Å². The Morgan fingerprint density at radius 3 is 2.00 bits per heavy atom. The summed E-state index contributed by atoms with van der Waals surface area (Å²) in [5.74, 6) is 0. The van der Waals surface area contributed by atoms with E-state index in [4.69, 9.17) is 0 Å². The van der Waals surface area contributed by atoms with Gasteiger partial charge in [0.2, 0.25) is 0 Å². The lowest BCUT2D eigenvalue weighted by Gasteiger charge is -2.00. The zero-order chi connectivity index (χ0) is 15.6. The molecule has 0 bridgehead atoms. The van der Waals surface area contributed by atoms with E-state index in [1.165, 1.54) is 10.9 Å². The van der Waals surface area contributed by atoms with Gasteiger partial charge in [0.15, 0.2) is 0 Å². The van der Waals surface area contributed by atoms with Gasteiger partial charge < -0.3 is 9.97 Å². The molecule has 0 radical (unpaired) electrons. The topological polar surface area (TPSA) is 31.6 Å². The van der Waals surface area contributed by atoms with E-state index in [0.717, 1.165) is 6.07 Å². The van der Waals surface area contributed by atoms with Crippen LogP contribution in [0.25, 0.3) is 21.8 Å². The molecule has 5 heteroatoms. The summed E-state index contributed by atoms with van der Waals surface area (Å²) >= 11 is 0. The quantitative estimate of drug-likeness (QED) is 0.438. The van der Waals surface area contributed by atoms with Crippen LogP contribution >= 0.6 is 0 Å². The van der Waals surface area contributed by atoms with Crippen LogP contribution in [0.2, 0.25) is 0 Å². The molecule has 0 unspecified atom stereocenters. The average molecular weight is 302 g/mol. The predicted molar refractivity (Wildman–Crippen MR) is 81.6 cm³/mol. The fraction of sp³-hybridized carbons (Fsp3) is 0.0588. The van der Waals surface area contributed by atoms with Gasteiger partial charge in [-0.05, 0) is 35.0 Å². The predicted octanol–water partition coefficient (Wildman–Crippen LogP) is 5.35. The molecule has 0 amide bonds. The Hall–Kier alpha value is -2.69. The highest BCUT2D eigenvalue weighted by Gasteiger charge is 2.32. The Morgan fingerprint density at radius 2 is 1.36 bits per heavy atom. The number of fused-ring (bicyclic) bond motifs is 2. The minimum absolute atomic E-state index is 0.509. The molecule has 4 rings (SSSR count). The molecule has 0 saturated heterocycles. The van der Waals surface area contributed by atoms with Crippen molar-refractivity contribution in [3.8, 4) is 0 Å². The summed E-state index contributed by atoms with van der Waals surface area (Å²) in [6.07, 6.45) is -2.34. The number of hydrogen-bond donors (Lipinski definition) is 2. The van der Waals surface area contributed by atoms with Crippen LogP contribution < -0.4 is 0 Å². The first-order valence-corrected chi connectivity index (χ1v) is 6.71. The van der Waals surface area contributed by atoms with Gasteiger partial charge in [-0.1, -0.05) is 36.4 Å². The first-order valence-electron chi connectivity index (χ1n) is 6.71. The van der Waals surface area contributed by atoms with Gasteiger partial charge in [0.1, 0.15) is 5.69 Å². The molecule has 0 atom stereocenters. The molecule has 2 nitrogen and oxygen atoms in total. The summed E-state index contributed by atoms with van der Waals surface area (Å²) in [6, 6.07) is 18.0. The molecule has 0 aliphatic carbocycles. The summed E-state index contributed by atoms with van der Waals surface area (Å²) in [4.78, 5) is 5.43. The second-order valence-electron chi connectivity index (χ2n) is 4.83. The largest absolute Gasteiger partial charge is 0.431 e. The maximum absolute atomic E-state index is 12.2. The zero-order valence-electron chi connectivity index (χ0n) is 11.5. The highest BCUT2D eigenvalue weighted by Crippen LogP contribution is 2.30. The standard InChI is InChI=1S/C9H6F3N.C8H7N/c10-9(11,12)8-5-6-3-1-2-4-7(6)13-8;1-2-4-8-7(3-1)5-6-9-8/h1-5,13H;1-6,9H. The number of hydrogen-bond acceptors (Lipinski definition) is 0. The molecule has 0 spiro atoms. The highest BCUT2D eigenvalue weighted by atomic mass is 19.4. The van der Waals surface area contributed by atoms with Gasteiger partial charge in [-0.2, -0.15) is 13.2 Å². The average Bonchev–Trinajstić information content (AvgIpc) is 3.14. The van der Waals surface area contributed by atoms with Crippen molar-refractivity contribution in [1.82, 2.24) is 9.97 Å². The smallest absolute Gasteiger partial charge is 0.361 e. The number of nitrogens with one attached hydrogen (secondary N) is 2. The Bertz CT molecular complexity index is 824. The molecule has 2 heterocycles. The number of aromatic amines is 2. The summed E-state index contributed by atoms with van der Waals surface area (Å²) in [7, 11) is 0. The number of halogens is 3. The fourth-order valence-corrected chi connectivity index (χ4v) is 2.22. The first kappa shape index (κ1) is 14.3. The normalized spacial score (nSPS) is 11.4. The number of alkyl halides is 3. The van der Waals surface area contributed by atoms with Gasteiger partial charge in [-0.3, -0.25) is 0 Å². The lowest BCUT2D eigenvalue weighted by Crippen LogP contribution is -2.04. The second-order valence-corrected chi connectivity index (χ2v) is 4.83. The van der Waals surface area contributed by atoms with Crippen molar-refractivity contribution < 1.29 is 13.2 Å². The maximum Gasteiger partial charge on any atom is 0.431 e. The van der Waals surface area contributed by atoms with E-state index < -0.39 is 11.9 Å². The van der Waals surface area contributed by atoms with Gasteiger partial charge in [0.25, 0.3) is 0 Å². The minimum Gasteiger partial charge on any atom is -0.361 e. The van der Waals surface area contributed by atoms with Crippen LogP contribution in [0.15, 0.2) is 66.9 Å². The van der Waals surface area contributed by atoms with Crippen LogP contribution in [0, 0.1) is 0 Å². The molecule has 0 aliphatic heterocycles. The van der Waals surface area contributed by atoms with E-state index in [0.29, 0.717) is 10.9 Å². The second kappa shape index (κ2) is 5.60. The van der Waals surface area contributed by atoms with Crippen molar-refractivity contribution in [3.63, 3.8) is 0 Å². The third kappa shape index (κ3) is 2.98. The number of benzene rings is 2. The highest BCUT2D eigenvalue weighted by molar-refractivity contribution is 5.80. The van der Waals surface area contributed by atoms with Crippen molar-refractivity contribution in [3.05, 3.63) is 72.6 Å². The van der Waals surface area contributed by atoms with Crippen molar-refractivity contribution >= 4 is 21.8 Å². The Balaban J connectivity index is 0.000000139. The zero-order valence-corrected chi connectivity index (χ0v) is 11.5. The van der Waals surface area contributed by atoms with Crippen molar-refractivity contribution in [1.29, 1.82) is 0 Å². The Labute approximate surface area is 124 Å². The van der Waals surface area contributed by atoms with Crippen LogP contribution in [0.1, 0.15) is 5.69 Å². The molecular formula is C17H13F3N2. The molecule has 22 heavy (non-hydrogen) atoms. The molecule has 2 aromatic carbocycles. The molecule has 112 valence electrons. The van der Waals surface area contributed by atoms with Gasteiger partial charge in [0.05, 0.1) is 0 Å². The molecular weight excluding hydrogens is 289 g/mol. The first-order chi connectivity index (χ1) is 10.5. The number of rotatable bonds is 0. The van der Waals surface area contributed by atoms with Crippen LogP contribution in [0.5, 0.6) is 0 Å². The summed E-state index contributed by atoms with van der Waals surface area (Å²) < 4.78 is 36.6. The third-order valence-electron chi connectivity index (χ3n) is 3.30. The van der Waals surface area contributed by atoms with Crippen molar-refractivity contribution in [2.45, 2.75) is 6.18 Å². The van der Waals surface area contributed by atoms with E-state index in [-0.39, 0.29) is 0 Å². The van der Waals surface area contributed by atoms with Gasteiger partial charge in [-0.25, -0.2) is 0 Å². The summed E-state index contributed by atoms with van der Waals surface area (Å²) in [5.41, 5.74) is 1.01. The SMILES string of the molecule is FC(F)(F)c1cc2ccccc2[nH]1.c1ccc2[nH]ccc2c1. The van der Waals surface area contributed by atoms with E-state index >= 15 is 0 Å². The van der Waals surface area contributed by atoms with E-state index in [2.05, 4.69) is 28.2 Å². The van der Waals surface area contributed by atoms with Crippen LogP contribution in [-0.4, -0.2) is 9.97 Å². The lowest BCUT2D eigenvalue weighted by atomic mass is 10.2. The van der Waals surface area contributed by atoms with Gasteiger partial charge in [0, 0.05) is 17.2 Å². The molecule has 2 N–H and O–H groups in total. The molecule has 0 fully saturated rings. The summed E-state index contributed by atoms with van der Waals surface area (Å²) in [5, 5.41) is 1.85. The van der Waals surface area contributed by atoms with Crippen molar-refractivity contribution in [2.75, 3.05) is 0 Å². The van der Waals surface area contributed by atoms with E-state index in [9.17, 15) is 13.2 Å². The Kier molecular flexibility index (Phi) is 3.63. The molecule has 0 aliphatic rings. The molecule has 4 aromatic rings. The minimum atomic E-state index is -4.29. The Morgan fingerprint density at radius 1 is 0.727 bits per heavy atom.